The molecule has 0 bridgehead atoms. The Hall–Kier alpha value is -3.50. The average molecular weight is 775 g/mol. The van der Waals surface area contributed by atoms with E-state index in [-0.39, 0.29) is 54.6 Å². The Morgan fingerprint density at radius 2 is 1.83 bits per heavy atom. The van der Waals surface area contributed by atoms with Gasteiger partial charge in [0.1, 0.15) is 29.6 Å². The molecule has 0 aliphatic carbocycles. The molecule has 0 saturated carbocycles. The molecular formula is C39H62N6O8S. The van der Waals surface area contributed by atoms with Gasteiger partial charge in [-0.05, 0) is 56.8 Å². The Labute approximate surface area is 324 Å². The quantitative estimate of drug-likeness (QED) is 0.135. The van der Waals surface area contributed by atoms with Gasteiger partial charge in [-0.3, -0.25) is 29.1 Å². The molecule has 3 heterocycles. The third-order valence-electron chi connectivity index (χ3n) is 10.3. The number of amides is 3. The van der Waals surface area contributed by atoms with Crippen molar-refractivity contribution in [2.24, 2.45) is 17.8 Å². The van der Waals surface area contributed by atoms with Crippen LogP contribution in [0.15, 0.2) is 29.8 Å². The summed E-state index contributed by atoms with van der Waals surface area (Å²) in [4.78, 5) is 66.4. The predicted molar refractivity (Wildman–Crippen MR) is 207 cm³/mol. The normalized spacial score (nSPS) is 18.3. The van der Waals surface area contributed by atoms with Crippen molar-refractivity contribution in [3.05, 3.63) is 46.2 Å². The van der Waals surface area contributed by atoms with E-state index in [0.717, 1.165) is 31.5 Å². The number of carboxylic acids is 1. The van der Waals surface area contributed by atoms with Gasteiger partial charge in [-0.25, -0.2) is 4.98 Å². The summed E-state index contributed by atoms with van der Waals surface area (Å²) in [6.45, 7) is 11.1. The summed E-state index contributed by atoms with van der Waals surface area (Å²) >= 11 is 1.27. The zero-order valence-corrected chi connectivity index (χ0v) is 34.1. The van der Waals surface area contributed by atoms with E-state index in [0.29, 0.717) is 37.4 Å². The summed E-state index contributed by atoms with van der Waals surface area (Å²) in [5, 5.41) is 17.9. The number of likely N-dealkylation sites (tertiary alicyclic amines) is 1. The standard InChI is InChI=1S/C39H62N6O8S/c1-9-26(4)34(43-36(47)31-15-11-13-17-44(31)6)38(48)45(18-19-51-7)32(25(2)3)22-33(53-24-52-8)37-42-30(23-54-37)35(46)41-29(20-27(5)39(49)50)21-28-14-10-12-16-40-28/h10,12,14,16,23,25-27,29,31-34H,9,11,13,15,17-22,24H2,1-8H3,(H,41,46)(H,43,47)(H,49,50)/t26?,27-,29+,31?,32+,33+,34?/m0/s1. The Kier molecular flexibility index (Phi) is 18.9. The van der Waals surface area contributed by atoms with Gasteiger partial charge >= 0.3 is 5.97 Å². The second-order valence-electron chi connectivity index (χ2n) is 14.7. The maximum absolute atomic E-state index is 14.6. The third kappa shape index (κ3) is 13.4. The molecule has 3 amide bonds. The lowest BCUT2D eigenvalue weighted by atomic mass is 9.92. The highest BCUT2D eigenvalue weighted by Crippen LogP contribution is 2.31. The van der Waals surface area contributed by atoms with E-state index in [1.54, 1.807) is 31.7 Å². The second kappa shape index (κ2) is 22.8. The Morgan fingerprint density at radius 1 is 1.07 bits per heavy atom. The van der Waals surface area contributed by atoms with Gasteiger partial charge in [0, 0.05) is 63.0 Å². The lowest BCUT2D eigenvalue weighted by Gasteiger charge is -2.40. The number of nitrogens with zero attached hydrogens (tertiary/aromatic N) is 4. The number of likely N-dealkylation sites (N-methyl/N-ethyl adjacent to an activating group) is 1. The molecule has 0 radical (unpaired) electrons. The van der Waals surface area contributed by atoms with E-state index < -0.39 is 36.0 Å². The van der Waals surface area contributed by atoms with Gasteiger partial charge in [-0.15, -0.1) is 11.3 Å². The Balaban J connectivity index is 1.88. The average Bonchev–Trinajstić information content (AvgIpc) is 3.65. The van der Waals surface area contributed by atoms with Crippen LogP contribution in [-0.2, 0) is 35.0 Å². The number of carboxylic acid groups (broad SMARTS) is 1. The summed E-state index contributed by atoms with van der Waals surface area (Å²) in [5.74, 6) is -2.51. The number of hydrogen-bond donors (Lipinski definition) is 3. The fourth-order valence-corrected chi connectivity index (χ4v) is 7.67. The molecule has 3 rings (SSSR count). The van der Waals surface area contributed by atoms with Gasteiger partial charge in [-0.2, -0.15) is 0 Å². The summed E-state index contributed by atoms with van der Waals surface area (Å²) in [7, 11) is 5.07. The number of carbonyl (C=O) groups excluding carboxylic acids is 3. The highest BCUT2D eigenvalue weighted by atomic mass is 32.1. The number of piperidine rings is 1. The van der Waals surface area contributed by atoms with Gasteiger partial charge in [0.05, 0.1) is 18.6 Å². The van der Waals surface area contributed by atoms with Crippen molar-refractivity contribution in [2.45, 2.75) is 110 Å². The van der Waals surface area contributed by atoms with Gasteiger partial charge in [0.25, 0.3) is 5.91 Å². The molecule has 1 fully saturated rings. The van der Waals surface area contributed by atoms with Gasteiger partial charge in [-0.1, -0.05) is 53.5 Å². The molecule has 0 aromatic carbocycles. The highest BCUT2D eigenvalue weighted by Gasteiger charge is 2.38. The van der Waals surface area contributed by atoms with Crippen molar-refractivity contribution < 1.29 is 38.5 Å². The first-order valence-corrected chi connectivity index (χ1v) is 20.0. The van der Waals surface area contributed by atoms with Crippen LogP contribution in [0.25, 0.3) is 0 Å². The lowest BCUT2D eigenvalue weighted by Crippen LogP contribution is -2.59. The van der Waals surface area contributed by atoms with Crippen molar-refractivity contribution >= 4 is 35.0 Å². The maximum Gasteiger partial charge on any atom is 0.306 e. The Bertz CT molecular complexity index is 1460. The summed E-state index contributed by atoms with van der Waals surface area (Å²) in [6.07, 6.45) is 5.41. The topological polar surface area (TPSA) is 173 Å². The highest BCUT2D eigenvalue weighted by molar-refractivity contribution is 7.09. The van der Waals surface area contributed by atoms with Crippen molar-refractivity contribution in [1.82, 2.24) is 30.4 Å². The molecule has 2 aromatic heterocycles. The predicted octanol–water partition coefficient (Wildman–Crippen LogP) is 4.56. The number of rotatable bonds is 23. The molecule has 2 aromatic rings. The molecule has 1 aliphatic heterocycles. The van der Waals surface area contributed by atoms with Crippen LogP contribution in [-0.4, -0.2) is 120 Å². The van der Waals surface area contributed by atoms with Gasteiger partial charge in [0.2, 0.25) is 11.8 Å². The van der Waals surface area contributed by atoms with Gasteiger partial charge in [0.15, 0.2) is 0 Å². The lowest BCUT2D eigenvalue weighted by molar-refractivity contribution is -0.144. The fourth-order valence-electron chi connectivity index (χ4n) is 6.81. The first kappa shape index (κ1) is 44.9. The van der Waals surface area contributed by atoms with E-state index in [4.69, 9.17) is 19.2 Å². The summed E-state index contributed by atoms with van der Waals surface area (Å²) in [6, 6.07) is 3.63. The van der Waals surface area contributed by atoms with Gasteiger partial charge < -0.3 is 34.9 Å². The zero-order chi connectivity index (χ0) is 39.8. The van der Waals surface area contributed by atoms with Crippen molar-refractivity contribution in [1.29, 1.82) is 0 Å². The Morgan fingerprint density at radius 3 is 2.44 bits per heavy atom. The molecule has 3 N–H and O–H groups in total. The van der Waals surface area contributed by atoms with Crippen LogP contribution in [0.1, 0.15) is 100 Å². The number of hydrogen-bond acceptors (Lipinski definition) is 11. The van der Waals surface area contributed by atoms with Crippen LogP contribution in [0, 0.1) is 17.8 Å². The maximum atomic E-state index is 14.6. The van der Waals surface area contributed by atoms with Crippen LogP contribution in [0.4, 0.5) is 0 Å². The molecule has 54 heavy (non-hydrogen) atoms. The van der Waals surface area contributed by atoms with E-state index in [9.17, 15) is 24.3 Å². The van der Waals surface area contributed by atoms with Crippen molar-refractivity contribution in [3.8, 4) is 0 Å². The monoisotopic (exact) mass is 774 g/mol. The smallest absolute Gasteiger partial charge is 0.306 e. The van der Waals surface area contributed by atoms with Crippen LogP contribution in [0.5, 0.6) is 0 Å². The van der Waals surface area contributed by atoms with Crippen molar-refractivity contribution in [2.75, 3.05) is 47.8 Å². The molecule has 1 saturated heterocycles. The molecule has 0 spiro atoms. The molecule has 15 heteroatoms. The number of aliphatic carboxylic acids is 1. The summed E-state index contributed by atoms with van der Waals surface area (Å²) in [5.41, 5.74) is 0.909. The number of thiazole rings is 1. The van der Waals surface area contributed by atoms with E-state index in [2.05, 4.69) is 20.5 Å². The van der Waals surface area contributed by atoms with Crippen LogP contribution in [0.2, 0.25) is 0 Å². The zero-order valence-electron chi connectivity index (χ0n) is 33.3. The van der Waals surface area contributed by atoms with Crippen molar-refractivity contribution in [3.63, 3.8) is 0 Å². The molecule has 302 valence electrons. The van der Waals surface area contributed by atoms with Crippen LogP contribution >= 0.6 is 11.3 Å². The minimum Gasteiger partial charge on any atom is -0.481 e. The second-order valence-corrected chi connectivity index (χ2v) is 15.6. The minimum absolute atomic E-state index is 0.0245. The van der Waals surface area contributed by atoms with Crippen LogP contribution < -0.4 is 10.6 Å². The largest absolute Gasteiger partial charge is 0.481 e. The molecule has 14 nitrogen and oxygen atoms in total. The third-order valence-corrected chi connectivity index (χ3v) is 11.2. The van der Waals surface area contributed by atoms with E-state index in [1.807, 2.05) is 51.8 Å². The number of ether oxygens (including phenoxy) is 3. The molecule has 1 aliphatic rings. The van der Waals surface area contributed by atoms with E-state index in [1.165, 1.54) is 18.4 Å². The van der Waals surface area contributed by atoms with Crippen LogP contribution in [0.3, 0.4) is 0 Å². The summed E-state index contributed by atoms with van der Waals surface area (Å²) < 4.78 is 16.9. The number of pyridine rings is 1. The number of methoxy groups -OCH3 is 2. The molecular weight excluding hydrogens is 713 g/mol. The molecule has 7 atom stereocenters. The minimum atomic E-state index is -0.947. The first-order chi connectivity index (χ1) is 25.8. The number of aromatic nitrogens is 2. The fraction of sp³-hybridized carbons (Fsp3) is 0.692. The first-order valence-electron chi connectivity index (χ1n) is 19.1. The molecule has 3 unspecified atom stereocenters. The SMILES string of the molecule is CCC(C)C(NC(=O)C1CCCCN1C)C(=O)N(CCOC)[C@H](C[C@@H](OCOC)c1nc(C(=O)N[C@@H](Cc2ccccn2)C[C@H](C)C(=O)O)cs1)C(C)C. The van der Waals surface area contributed by atoms with E-state index >= 15 is 0 Å². The number of nitrogens with one attached hydrogen (secondary N) is 2. The number of carbonyl (C=O) groups is 4.